The lowest BCUT2D eigenvalue weighted by molar-refractivity contribution is 0.0684. The summed E-state index contributed by atoms with van der Waals surface area (Å²) in [6.07, 6.45) is 2.36. The molecular formula is C17H23N3O. The molecule has 112 valence electrons. The van der Waals surface area contributed by atoms with Crippen molar-refractivity contribution in [2.45, 2.75) is 38.8 Å². The van der Waals surface area contributed by atoms with Crippen molar-refractivity contribution in [3.63, 3.8) is 0 Å². The highest BCUT2D eigenvalue weighted by atomic mass is 16.2. The monoisotopic (exact) mass is 285 g/mol. The summed E-state index contributed by atoms with van der Waals surface area (Å²) in [6, 6.07) is 10.6. The first kappa shape index (κ1) is 14.1. The van der Waals surface area contributed by atoms with Crippen LogP contribution in [0.15, 0.2) is 30.3 Å². The third-order valence-corrected chi connectivity index (χ3v) is 4.22. The third-order valence-electron chi connectivity index (χ3n) is 4.22. The van der Waals surface area contributed by atoms with Crippen LogP contribution in [0.5, 0.6) is 0 Å². The van der Waals surface area contributed by atoms with Crippen LogP contribution in [0.3, 0.4) is 0 Å². The highest BCUT2D eigenvalue weighted by Crippen LogP contribution is 2.18. The first-order valence-corrected chi connectivity index (χ1v) is 7.77. The van der Waals surface area contributed by atoms with Crippen molar-refractivity contribution < 1.29 is 4.79 Å². The van der Waals surface area contributed by atoms with E-state index in [1.54, 1.807) is 0 Å². The normalized spacial score (nSPS) is 18.5. The average Bonchev–Trinajstić information content (AvgIpc) is 3.12. The van der Waals surface area contributed by atoms with Crippen LogP contribution in [-0.4, -0.2) is 41.0 Å². The Labute approximate surface area is 125 Å². The number of hydrogen-bond acceptors (Lipinski definition) is 2. The number of fused-ring (bicyclic) bond motifs is 1. The van der Waals surface area contributed by atoms with E-state index in [-0.39, 0.29) is 11.9 Å². The van der Waals surface area contributed by atoms with Gasteiger partial charge in [-0.05, 0) is 45.4 Å². The summed E-state index contributed by atoms with van der Waals surface area (Å²) < 4.78 is 0. The van der Waals surface area contributed by atoms with Gasteiger partial charge in [0.2, 0.25) is 0 Å². The van der Waals surface area contributed by atoms with E-state index in [0.29, 0.717) is 11.7 Å². The fraction of sp³-hybridized carbons (Fsp3) is 0.471. The molecule has 0 radical (unpaired) electrons. The largest absolute Gasteiger partial charge is 0.351 e. The predicted octanol–water partition coefficient (Wildman–Crippen LogP) is 2.77. The molecule has 1 atom stereocenters. The number of amides is 1. The summed E-state index contributed by atoms with van der Waals surface area (Å²) in [5, 5.41) is 4.56. The van der Waals surface area contributed by atoms with E-state index in [0.717, 1.165) is 30.4 Å². The van der Waals surface area contributed by atoms with Gasteiger partial charge in [0.15, 0.2) is 0 Å². The second-order valence-corrected chi connectivity index (χ2v) is 6.11. The number of carbonyl (C=O) groups excluding carboxylic acids is 1. The third kappa shape index (κ3) is 2.95. The first-order chi connectivity index (χ1) is 10.1. The van der Waals surface area contributed by atoms with Crippen LogP contribution >= 0.6 is 0 Å². The summed E-state index contributed by atoms with van der Waals surface area (Å²) in [4.78, 5) is 18.0. The van der Waals surface area contributed by atoms with Gasteiger partial charge in [-0.1, -0.05) is 18.2 Å². The lowest BCUT2D eigenvalue weighted by atomic mass is 10.1. The van der Waals surface area contributed by atoms with Gasteiger partial charge in [0, 0.05) is 29.5 Å². The highest BCUT2D eigenvalue weighted by molar-refractivity contribution is 5.98. The standard InChI is InChI=1S/C17H23N3O/c1-12(2)20(11-14-7-5-9-18-14)17(21)16-10-13-6-3-4-8-15(13)19-16/h3-4,6,8,10,12,14,18-19H,5,7,9,11H2,1-2H3. The van der Waals surface area contributed by atoms with Gasteiger partial charge in [-0.3, -0.25) is 4.79 Å². The number of aromatic nitrogens is 1. The predicted molar refractivity (Wildman–Crippen MR) is 85.5 cm³/mol. The number of rotatable bonds is 4. The molecule has 0 aliphatic carbocycles. The molecule has 0 bridgehead atoms. The number of hydrogen-bond donors (Lipinski definition) is 2. The van der Waals surface area contributed by atoms with Gasteiger partial charge in [-0.25, -0.2) is 0 Å². The van der Waals surface area contributed by atoms with Crippen LogP contribution in [0, 0.1) is 0 Å². The van der Waals surface area contributed by atoms with Crippen molar-refractivity contribution in [3.05, 3.63) is 36.0 Å². The molecule has 2 N–H and O–H groups in total. The minimum absolute atomic E-state index is 0.0925. The lowest BCUT2D eigenvalue weighted by Gasteiger charge is -2.29. The summed E-state index contributed by atoms with van der Waals surface area (Å²) >= 11 is 0. The molecule has 1 aromatic heterocycles. The van der Waals surface area contributed by atoms with E-state index in [2.05, 4.69) is 24.1 Å². The highest BCUT2D eigenvalue weighted by Gasteiger charge is 2.25. The fourth-order valence-corrected chi connectivity index (χ4v) is 3.02. The van der Waals surface area contributed by atoms with Crippen LogP contribution in [0.2, 0.25) is 0 Å². The van der Waals surface area contributed by atoms with E-state index in [1.165, 1.54) is 6.42 Å². The molecular weight excluding hydrogens is 262 g/mol. The molecule has 3 rings (SSSR count). The Morgan fingerprint density at radius 2 is 2.19 bits per heavy atom. The van der Waals surface area contributed by atoms with Gasteiger partial charge < -0.3 is 15.2 Å². The van der Waals surface area contributed by atoms with Crippen LogP contribution in [-0.2, 0) is 0 Å². The topological polar surface area (TPSA) is 48.1 Å². The molecule has 2 heterocycles. The molecule has 1 aromatic carbocycles. The van der Waals surface area contributed by atoms with Gasteiger partial charge in [-0.15, -0.1) is 0 Å². The maximum atomic E-state index is 12.8. The number of para-hydroxylation sites is 1. The van der Waals surface area contributed by atoms with Gasteiger partial charge in [-0.2, -0.15) is 0 Å². The van der Waals surface area contributed by atoms with E-state index < -0.39 is 0 Å². The molecule has 21 heavy (non-hydrogen) atoms. The number of nitrogens with zero attached hydrogens (tertiary/aromatic N) is 1. The Hall–Kier alpha value is -1.81. The quantitative estimate of drug-likeness (QED) is 0.907. The zero-order valence-electron chi connectivity index (χ0n) is 12.7. The average molecular weight is 285 g/mol. The van der Waals surface area contributed by atoms with Gasteiger partial charge in [0.05, 0.1) is 0 Å². The SMILES string of the molecule is CC(C)N(CC1CCCN1)C(=O)c1cc2ccccc2[nH]1. The Kier molecular flexibility index (Phi) is 3.97. The number of carbonyl (C=O) groups is 1. The van der Waals surface area contributed by atoms with Crippen molar-refractivity contribution in [2.24, 2.45) is 0 Å². The van der Waals surface area contributed by atoms with E-state index in [9.17, 15) is 4.79 Å². The molecule has 4 heteroatoms. The smallest absolute Gasteiger partial charge is 0.270 e. The zero-order chi connectivity index (χ0) is 14.8. The molecule has 2 aromatic rings. The summed E-state index contributed by atoms with van der Waals surface area (Å²) in [5.41, 5.74) is 1.70. The van der Waals surface area contributed by atoms with Crippen LogP contribution in [0.1, 0.15) is 37.2 Å². The zero-order valence-corrected chi connectivity index (χ0v) is 12.7. The molecule has 4 nitrogen and oxygen atoms in total. The lowest BCUT2D eigenvalue weighted by Crippen LogP contribution is -2.44. The van der Waals surface area contributed by atoms with Crippen LogP contribution in [0.4, 0.5) is 0 Å². The van der Waals surface area contributed by atoms with Crippen molar-refractivity contribution in [3.8, 4) is 0 Å². The van der Waals surface area contributed by atoms with E-state index >= 15 is 0 Å². The Morgan fingerprint density at radius 3 is 2.86 bits per heavy atom. The van der Waals surface area contributed by atoms with Crippen LogP contribution < -0.4 is 5.32 Å². The molecule has 1 unspecified atom stereocenters. The number of H-pyrrole nitrogens is 1. The first-order valence-electron chi connectivity index (χ1n) is 7.77. The maximum absolute atomic E-state index is 12.8. The van der Waals surface area contributed by atoms with Gasteiger partial charge in [0.25, 0.3) is 5.91 Å². The molecule has 0 saturated carbocycles. The van der Waals surface area contributed by atoms with Crippen LogP contribution in [0.25, 0.3) is 10.9 Å². The Morgan fingerprint density at radius 1 is 1.38 bits per heavy atom. The number of nitrogens with one attached hydrogen (secondary N) is 2. The molecule has 1 saturated heterocycles. The van der Waals surface area contributed by atoms with Crippen molar-refractivity contribution in [2.75, 3.05) is 13.1 Å². The maximum Gasteiger partial charge on any atom is 0.270 e. The molecule has 1 amide bonds. The molecule has 1 aliphatic heterocycles. The fourth-order valence-electron chi connectivity index (χ4n) is 3.02. The minimum Gasteiger partial charge on any atom is -0.351 e. The second kappa shape index (κ2) is 5.90. The molecule has 1 fully saturated rings. The molecule has 0 spiro atoms. The van der Waals surface area contributed by atoms with Crippen molar-refractivity contribution >= 4 is 16.8 Å². The van der Waals surface area contributed by atoms with Crippen molar-refractivity contribution in [1.29, 1.82) is 0 Å². The Balaban J connectivity index is 1.82. The van der Waals surface area contributed by atoms with Gasteiger partial charge in [0.1, 0.15) is 5.69 Å². The van der Waals surface area contributed by atoms with E-state index in [4.69, 9.17) is 0 Å². The summed E-state index contributed by atoms with van der Waals surface area (Å²) in [6.45, 7) is 6.01. The second-order valence-electron chi connectivity index (χ2n) is 6.11. The summed E-state index contributed by atoms with van der Waals surface area (Å²) in [5.74, 6) is 0.0925. The number of benzene rings is 1. The van der Waals surface area contributed by atoms with Gasteiger partial charge >= 0.3 is 0 Å². The Bertz CT molecular complexity index is 593. The van der Waals surface area contributed by atoms with E-state index in [1.807, 2.05) is 35.2 Å². The molecule has 1 aliphatic rings. The summed E-state index contributed by atoms with van der Waals surface area (Å²) in [7, 11) is 0. The van der Waals surface area contributed by atoms with Crippen molar-refractivity contribution in [1.82, 2.24) is 15.2 Å². The number of aromatic amines is 1. The minimum atomic E-state index is 0.0925.